The fourth-order valence-corrected chi connectivity index (χ4v) is 3.99. The minimum absolute atomic E-state index is 0.0164. The molecular weight excluding hydrogens is 356 g/mol. The summed E-state index contributed by atoms with van der Waals surface area (Å²) in [5, 5.41) is 2.35. The summed E-state index contributed by atoms with van der Waals surface area (Å²) in [5.74, 6) is -0.775. The van der Waals surface area contributed by atoms with Crippen LogP contribution in [0.4, 0.5) is 0 Å². The molecule has 0 radical (unpaired) electrons. The molecule has 3 amide bonds. The zero-order valence-corrected chi connectivity index (χ0v) is 17.0. The lowest BCUT2D eigenvalue weighted by Crippen LogP contribution is -2.52. The maximum atomic E-state index is 12.9. The van der Waals surface area contributed by atoms with Gasteiger partial charge in [-0.3, -0.25) is 24.6 Å². The van der Waals surface area contributed by atoms with E-state index >= 15 is 0 Å². The third-order valence-electron chi connectivity index (χ3n) is 5.72. The predicted molar refractivity (Wildman–Crippen MR) is 106 cm³/mol. The number of piperidine rings is 1. The minimum Gasteiger partial charge on any atom is -0.330 e. The van der Waals surface area contributed by atoms with Crippen LogP contribution in [0.3, 0.4) is 0 Å². The second-order valence-electron chi connectivity index (χ2n) is 8.51. The second kappa shape index (κ2) is 8.01. The van der Waals surface area contributed by atoms with Crippen LogP contribution in [0.1, 0.15) is 55.1 Å². The summed E-state index contributed by atoms with van der Waals surface area (Å²) in [7, 11) is 0. The fourth-order valence-electron chi connectivity index (χ4n) is 3.99. The van der Waals surface area contributed by atoms with E-state index in [4.69, 9.17) is 5.73 Å². The van der Waals surface area contributed by atoms with Crippen molar-refractivity contribution in [1.29, 1.82) is 0 Å². The zero-order chi connectivity index (χ0) is 20.5. The van der Waals surface area contributed by atoms with Gasteiger partial charge in [0.2, 0.25) is 11.8 Å². The molecule has 0 aromatic heterocycles. The number of rotatable bonds is 7. The van der Waals surface area contributed by atoms with E-state index in [9.17, 15) is 14.4 Å². The van der Waals surface area contributed by atoms with E-state index in [1.807, 2.05) is 12.1 Å². The lowest BCUT2D eigenvalue weighted by molar-refractivity contribution is -0.136. The predicted octanol–water partition coefficient (Wildman–Crippen LogP) is 1.25. The average molecular weight is 386 g/mol. The monoisotopic (exact) mass is 386 g/mol. The maximum absolute atomic E-state index is 12.9. The Balaban J connectivity index is 1.80. The lowest BCUT2D eigenvalue weighted by atomic mass is 9.92. The number of nitrogens with two attached hydrogens (primary N) is 1. The molecule has 1 unspecified atom stereocenters. The number of hydrogen-bond donors (Lipinski definition) is 2. The topological polar surface area (TPSA) is 95.7 Å². The van der Waals surface area contributed by atoms with E-state index in [1.54, 1.807) is 4.90 Å². The number of hydrogen-bond acceptors (Lipinski definition) is 5. The molecule has 1 saturated heterocycles. The van der Waals surface area contributed by atoms with Crippen molar-refractivity contribution in [2.75, 3.05) is 19.6 Å². The van der Waals surface area contributed by atoms with Crippen molar-refractivity contribution in [3.05, 3.63) is 34.9 Å². The Morgan fingerprint density at radius 2 is 2.04 bits per heavy atom. The van der Waals surface area contributed by atoms with E-state index in [1.165, 1.54) is 0 Å². The largest absolute Gasteiger partial charge is 0.330 e. The first kappa shape index (κ1) is 20.5. The van der Waals surface area contributed by atoms with Crippen LogP contribution >= 0.6 is 0 Å². The van der Waals surface area contributed by atoms with Crippen molar-refractivity contribution in [1.82, 2.24) is 15.1 Å². The molecule has 0 spiro atoms. The van der Waals surface area contributed by atoms with Gasteiger partial charge in [-0.2, -0.15) is 0 Å². The Labute approximate surface area is 166 Å². The number of benzene rings is 1. The van der Waals surface area contributed by atoms with Crippen LogP contribution in [0.2, 0.25) is 0 Å². The van der Waals surface area contributed by atoms with Crippen LogP contribution < -0.4 is 11.1 Å². The van der Waals surface area contributed by atoms with Gasteiger partial charge in [0.05, 0.1) is 0 Å². The van der Waals surface area contributed by atoms with Crippen LogP contribution in [-0.4, -0.2) is 53.2 Å². The summed E-state index contributed by atoms with van der Waals surface area (Å²) in [6, 6.07) is 5.21. The zero-order valence-electron chi connectivity index (χ0n) is 17.0. The van der Waals surface area contributed by atoms with Gasteiger partial charge >= 0.3 is 0 Å². The van der Waals surface area contributed by atoms with E-state index in [2.05, 4.69) is 37.1 Å². The Morgan fingerprint density at radius 3 is 2.68 bits per heavy atom. The first-order valence-corrected chi connectivity index (χ1v) is 9.93. The highest BCUT2D eigenvalue weighted by Crippen LogP contribution is 2.30. The molecule has 7 heteroatoms. The summed E-state index contributed by atoms with van der Waals surface area (Å²) in [5.41, 5.74) is 8.67. The molecule has 2 heterocycles. The molecule has 152 valence electrons. The van der Waals surface area contributed by atoms with Gasteiger partial charge in [0.15, 0.2) is 0 Å². The Kier molecular flexibility index (Phi) is 5.86. The van der Waals surface area contributed by atoms with E-state index < -0.39 is 6.04 Å². The molecule has 0 bridgehead atoms. The normalized spacial score (nSPS) is 20.0. The van der Waals surface area contributed by atoms with Gasteiger partial charge in [-0.1, -0.05) is 32.9 Å². The molecule has 3 rings (SSSR count). The molecule has 2 aliphatic rings. The van der Waals surface area contributed by atoms with Crippen LogP contribution in [0.5, 0.6) is 0 Å². The van der Waals surface area contributed by atoms with Crippen LogP contribution in [0.15, 0.2) is 18.2 Å². The van der Waals surface area contributed by atoms with Crippen molar-refractivity contribution in [2.45, 2.75) is 52.7 Å². The summed E-state index contributed by atoms with van der Waals surface area (Å²) >= 11 is 0. The van der Waals surface area contributed by atoms with E-state index in [0.717, 1.165) is 30.8 Å². The smallest absolute Gasteiger partial charge is 0.255 e. The van der Waals surface area contributed by atoms with Gasteiger partial charge in [0.25, 0.3) is 5.91 Å². The highest BCUT2D eigenvalue weighted by Gasteiger charge is 2.39. The molecule has 2 aliphatic heterocycles. The molecule has 1 aromatic carbocycles. The minimum atomic E-state index is -0.580. The SMILES string of the molecule is CCN(Cc1cccc2c1CN(C1CCC(=O)NC1=O)C2=O)CC(C)(C)CN. The van der Waals surface area contributed by atoms with Crippen molar-refractivity contribution in [3.8, 4) is 0 Å². The number of nitrogens with zero attached hydrogens (tertiary/aromatic N) is 2. The summed E-state index contributed by atoms with van der Waals surface area (Å²) < 4.78 is 0. The van der Waals surface area contributed by atoms with Crippen molar-refractivity contribution in [2.24, 2.45) is 11.1 Å². The van der Waals surface area contributed by atoms with Gasteiger partial charge in [-0.15, -0.1) is 0 Å². The highest BCUT2D eigenvalue weighted by molar-refractivity contribution is 6.05. The molecule has 7 nitrogen and oxygen atoms in total. The summed E-state index contributed by atoms with van der Waals surface area (Å²) in [6.07, 6.45) is 0.646. The van der Waals surface area contributed by atoms with Crippen molar-refractivity contribution in [3.63, 3.8) is 0 Å². The molecule has 1 aromatic rings. The van der Waals surface area contributed by atoms with Gasteiger partial charge in [0, 0.05) is 31.6 Å². The van der Waals surface area contributed by atoms with Crippen LogP contribution in [0.25, 0.3) is 0 Å². The number of nitrogens with one attached hydrogen (secondary N) is 1. The Morgan fingerprint density at radius 1 is 1.29 bits per heavy atom. The molecule has 3 N–H and O–H groups in total. The molecule has 1 atom stereocenters. The molecular formula is C21H30N4O3. The number of imide groups is 1. The molecule has 28 heavy (non-hydrogen) atoms. The molecule has 0 saturated carbocycles. The third-order valence-corrected chi connectivity index (χ3v) is 5.72. The third kappa shape index (κ3) is 4.10. The van der Waals surface area contributed by atoms with Gasteiger partial charge < -0.3 is 10.6 Å². The fraction of sp³-hybridized carbons (Fsp3) is 0.571. The second-order valence-corrected chi connectivity index (χ2v) is 8.51. The van der Waals surface area contributed by atoms with Gasteiger partial charge in [0.1, 0.15) is 6.04 Å². The van der Waals surface area contributed by atoms with E-state index in [-0.39, 0.29) is 29.6 Å². The van der Waals surface area contributed by atoms with Crippen LogP contribution in [0, 0.1) is 5.41 Å². The van der Waals surface area contributed by atoms with Crippen molar-refractivity contribution >= 4 is 17.7 Å². The standard InChI is InChI=1S/C21H30N4O3/c1-4-24(13-21(2,3)12-22)10-14-6-5-7-15-16(14)11-25(20(15)28)17-8-9-18(26)23-19(17)27/h5-7,17H,4,8-13,22H2,1-3H3,(H,23,26,27). The maximum Gasteiger partial charge on any atom is 0.255 e. The van der Waals surface area contributed by atoms with Gasteiger partial charge in [-0.05, 0) is 42.1 Å². The summed E-state index contributed by atoms with van der Waals surface area (Å²) in [4.78, 5) is 40.6. The Bertz CT molecular complexity index is 790. The highest BCUT2D eigenvalue weighted by atomic mass is 16.2. The van der Waals surface area contributed by atoms with Crippen LogP contribution in [-0.2, 0) is 22.7 Å². The average Bonchev–Trinajstić information content (AvgIpc) is 2.99. The number of fused-ring (bicyclic) bond motifs is 1. The quantitative estimate of drug-likeness (QED) is 0.688. The first-order valence-electron chi connectivity index (χ1n) is 9.93. The van der Waals surface area contributed by atoms with E-state index in [0.29, 0.717) is 25.1 Å². The van der Waals surface area contributed by atoms with Crippen molar-refractivity contribution < 1.29 is 14.4 Å². The number of carbonyl (C=O) groups is 3. The first-order chi connectivity index (χ1) is 13.3. The number of amides is 3. The molecule has 0 aliphatic carbocycles. The Hall–Kier alpha value is -2.25. The lowest BCUT2D eigenvalue weighted by Gasteiger charge is -2.31. The summed E-state index contributed by atoms with van der Waals surface area (Å²) in [6.45, 7) is 9.94. The number of carbonyl (C=O) groups excluding carboxylic acids is 3. The molecule has 1 fully saturated rings. The van der Waals surface area contributed by atoms with Gasteiger partial charge in [-0.25, -0.2) is 0 Å².